The summed E-state index contributed by atoms with van der Waals surface area (Å²) in [5, 5.41) is 7.85. The van der Waals surface area contributed by atoms with E-state index in [1.807, 2.05) is 67.6 Å². The Morgan fingerprint density at radius 1 is 1.00 bits per heavy atom. The molecule has 5 nitrogen and oxygen atoms in total. The van der Waals surface area contributed by atoms with Gasteiger partial charge in [0.25, 0.3) is 0 Å². The van der Waals surface area contributed by atoms with E-state index in [1.54, 1.807) is 0 Å². The van der Waals surface area contributed by atoms with Gasteiger partial charge < -0.3 is 15.4 Å². The van der Waals surface area contributed by atoms with E-state index in [-0.39, 0.29) is 11.8 Å². The molecule has 0 radical (unpaired) electrons. The van der Waals surface area contributed by atoms with Crippen LogP contribution in [0.1, 0.15) is 25.8 Å². The molecule has 0 heterocycles. The summed E-state index contributed by atoms with van der Waals surface area (Å²) in [5.41, 5.74) is 1.65. The van der Waals surface area contributed by atoms with Gasteiger partial charge in [-0.25, -0.2) is 0 Å². The minimum absolute atomic E-state index is 0.0523. The molecular formula is C23H24N2O3. The molecule has 0 spiro atoms. The van der Waals surface area contributed by atoms with Crippen LogP contribution in [0.4, 0.5) is 5.69 Å². The molecule has 0 aromatic heterocycles. The number of anilines is 1. The third-order valence-corrected chi connectivity index (χ3v) is 4.42. The number of hydrogen-bond acceptors (Lipinski definition) is 3. The molecule has 0 saturated carbocycles. The van der Waals surface area contributed by atoms with Crippen LogP contribution >= 0.6 is 0 Å². The quantitative estimate of drug-likeness (QED) is 0.630. The number of fused-ring (bicyclic) bond motifs is 1. The van der Waals surface area contributed by atoms with E-state index in [0.29, 0.717) is 25.1 Å². The maximum atomic E-state index is 11.8. The second-order valence-corrected chi connectivity index (χ2v) is 6.53. The summed E-state index contributed by atoms with van der Waals surface area (Å²) < 4.78 is 6.15. The van der Waals surface area contributed by atoms with Crippen molar-refractivity contribution < 1.29 is 14.3 Å². The van der Waals surface area contributed by atoms with Gasteiger partial charge in [-0.3, -0.25) is 9.59 Å². The van der Waals surface area contributed by atoms with Crippen molar-refractivity contribution in [3.8, 4) is 11.5 Å². The molecule has 2 N–H and O–H groups in total. The molecule has 0 aliphatic rings. The average molecular weight is 376 g/mol. The normalized spacial score (nSPS) is 10.5. The zero-order valence-electron chi connectivity index (χ0n) is 16.1. The van der Waals surface area contributed by atoms with Gasteiger partial charge in [-0.2, -0.15) is 0 Å². The van der Waals surface area contributed by atoms with Gasteiger partial charge in [0.1, 0.15) is 11.5 Å². The molecule has 0 fully saturated rings. The highest BCUT2D eigenvalue weighted by atomic mass is 16.5. The van der Waals surface area contributed by atoms with E-state index in [2.05, 4.69) is 10.6 Å². The van der Waals surface area contributed by atoms with Gasteiger partial charge >= 0.3 is 0 Å². The molecular weight excluding hydrogens is 352 g/mol. The SMILES string of the molecule is CCC(=O)Nc1ccc(Oc2cccc3ccccc23)cc1CCNC(C)=O. The topological polar surface area (TPSA) is 67.4 Å². The molecule has 0 saturated heterocycles. The second-order valence-electron chi connectivity index (χ2n) is 6.53. The zero-order chi connectivity index (χ0) is 19.9. The Bertz CT molecular complexity index is 993. The Labute approximate surface area is 164 Å². The Morgan fingerprint density at radius 3 is 2.57 bits per heavy atom. The minimum atomic E-state index is -0.0812. The van der Waals surface area contributed by atoms with Crippen molar-refractivity contribution in [2.45, 2.75) is 26.7 Å². The summed E-state index contributed by atoms with van der Waals surface area (Å²) in [6.07, 6.45) is 0.991. The molecule has 3 rings (SSSR count). The highest BCUT2D eigenvalue weighted by Gasteiger charge is 2.10. The van der Waals surface area contributed by atoms with Crippen LogP contribution in [0, 0.1) is 0 Å². The maximum absolute atomic E-state index is 11.8. The van der Waals surface area contributed by atoms with E-state index in [4.69, 9.17) is 4.74 Å². The lowest BCUT2D eigenvalue weighted by atomic mass is 10.1. The first-order valence-corrected chi connectivity index (χ1v) is 9.39. The lowest BCUT2D eigenvalue weighted by Crippen LogP contribution is -2.23. The van der Waals surface area contributed by atoms with Crippen molar-refractivity contribution in [3.05, 3.63) is 66.2 Å². The fourth-order valence-electron chi connectivity index (χ4n) is 2.99. The number of benzene rings is 3. The number of rotatable bonds is 7. The molecule has 0 unspecified atom stereocenters. The summed E-state index contributed by atoms with van der Waals surface area (Å²) in [6, 6.07) is 19.6. The zero-order valence-corrected chi connectivity index (χ0v) is 16.1. The van der Waals surface area contributed by atoms with E-state index >= 15 is 0 Å². The van der Waals surface area contributed by atoms with Gasteiger partial charge in [0.2, 0.25) is 11.8 Å². The fraction of sp³-hybridized carbons (Fsp3) is 0.217. The van der Waals surface area contributed by atoms with Gasteiger partial charge in [-0.05, 0) is 41.6 Å². The van der Waals surface area contributed by atoms with Gasteiger partial charge in [-0.1, -0.05) is 43.3 Å². The number of nitrogens with one attached hydrogen (secondary N) is 2. The molecule has 0 bridgehead atoms. The highest BCUT2D eigenvalue weighted by molar-refractivity contribution is 5.91. The largest absolute Gasteiger partial charge is 0.457 e. The molecule has 0 aliphatic carbocycles. The predicted molar refractivity (Wildman–Crippen MR) is 112 cm³/mol. The molecule has 0 aliphatic heterocycles. The standard InChI is InChI=1S/C23H24N2O3/c1-3-23(27)25-21-12-11-19(15-18(21)13-14-24-16(2)26)28-22-10-6-8-17-7-4-5-9-20(17)22/h4-12,15H,3,13-14H2,1-2H3,(H,24,26)(H,25,27). The van der Waals surface area contributed by atoms with Crippen LogP contribution < -0.4 is 15.4 Å². The van der Waals surface area contributed by atoms with Crippen LogP contribution in [-0.2, 0) is 16.0 Å². The van der Waals surface area contributed by atoms with E-state index in [0.717, 1.165) is 27.8 Å². The molecule has 3 aromatic rings. The first kappa shape index (κ1) is 19.4. The second kappa shape index (κ2) is 9.04. The fourth-order valence-corrected chi connectivity index (χ4v) is 2.99. The summed E-state index contributed by atoms with van der Waals surface area (Å²) >= 11 is 0. The monoisotopic (exact) mass is 376 g/mol. The van der Waals surface area contributed by atoms with Crippen LogP contribution in [-0.4, -0.2) is 18.4 Å². The Balaban J connectivity index is 1.88. The van der Waals surface area contributed by atoms with Crippen LogP contribution in [0.3, 0.4) is 0 Å². The number of ether oxygens (including phenoxy) is 1. The summed E-state index contributed by atoms with van der Waals surface area (Å²) in [6.45, 7) is 3.78. The van der Waals surface area contributed by atoms with Crippen molar-refractivity contribution in [3.63, 3.8) is 0 Å². The lowest BCUT2D eigenvalue weighted by Gasteiger charge is -2.14. The van der Waals surface area contributed by atoms with Crippen LogP contribution in [0.5, 0.6) is 11.5 Å². The molecule has 5 heteroatoms. The molecule has 0 atom stereocenters. The van der Waals surface area contributed by atoms with Crippen molar-refractivity contribution in [2.75, 3.05) is 11.9 Å². The molecule has 2 amide bonds. The van der Waals surface area contributed by atoms with Gasteiger partial charge in [0.05, 0.1) is 0 Å². The van der Waals surface area contributed by atoms with Gasteiger partial charge in [-0.15, -0.1) is 0 Å². The molecule has 28 heavy (non-hydrogen) atoms. The predicted octanol–water partition coefficient (Wildman–Crippen LogP) is 4.66. The maximum Gasteiger partial charge on any atom is 0.224 e. The van der Waals surface area contributed by atoms with E-state index < -0.39 is 0 Å². The lowest BCUT2D eigenvalue weighted by molar-refractivity contribution is -0.119. The summed E-state index contributed by atoms with van der Waals surface area (Å²) in [5.74, 6) is 1.32. The van der Waals surface area contributed by atoms with Crippen LogP contribution in [0.25, 0.3) is 10.8 Å². The van der Waals surface area contributed by atoms with Crippen molar-refractivity contribution in [1.82, 2.24) is 5.32 Å². The van der Waals surface area contributed by atoms with Crippen molar-refractivity contribution >= 4 is 28.3 Å². The Morgan fingerprint density at radius 2 is 1.79 bits per heavy atom. The van der Waals surface area contributed by atoms with Crippen molar-refractivity contribution in [2.24, 2.45) is 0 Å². The Kier molecular flexibility index (Phi) is 6.27. The Hall–Kier alpha value is -3.34. The molecule has 144 valence electrons. The number of carbonyl (C=O) groups excluding carboxylic acids is 2. The third-order valence-electron chi connectivity index (χ3n) is 4.42. The first-order valence-electron chi connectivity index (χ1n) is 9.39. The van der Waals surface area contributed by atoms with Crippen molar-refractivity contribution in [1.29, 1.82) is 0 Å². The summed E-state index contributed by atoms with van der Waals surface area (Å²) in [4.78, 5) is 23.0. The molecule has 3 aromatic carbocycles. The average Bonchev–Trinajstić information content (AvgIpc) is 2.69. The summed E-state index contributed by atoms with van der Waals surface area (Å²) in [7, 11) is 0. The smallest absolute Gasteiger partial charge is 0.224 e. The minimum Gasteiger partial charge on any atom is -0.457 e. The number of hydrogen-bond donors (Lipinski definition) is 2. The first-order chi connectivity index (χ1) is 13.6. The van der Waals surface area contributed by atoms with Crippen LogP contribution in [0.15, 0.2) is 60.7 Å². The number of carbonyl (C=O) groups is 2. The van der Waals surface area contributed by atoms with E-state index in [9.17, 15) is 9.59 Å². The number of amides is 2. The van der Waals surface area contributed by atoms with Crippen LogP contribution in [0.2, 0.25) is 0 Å². The third kappa shape index (κ3) is 4.88. The highest BCUT2D eigenvalue weighted by Crippen LogP contribution is 2.32. The van der Waals surface area contributed by atoms with Gasteiger partial charge in [0.15, 0.2) is 0 Å². The van der Waals surface area contributed by atoms with Gasteiger partial charge in [0, 0.05) is 31.0 Å². The van der Waals surface area contributed by atoms with E-state index in [1.165, 1.54) is 6.92 Å².